The van der Waals surface area contributed by atoms with E-state index < -0.39 is 11.8 Å². The van der Waals surface area contributed by atoms with E-state index in [4.69, 9.17) is 26.8 Å². The fraction of sp³-hybridized carbons (Fsp3) is 0.429. The molecule has 0 aliphatic carbocycles. The van der Waals surface area contributed by atoms with Crippen LogP contribution in [0.3, 0.4) is 0 Å². The van der Waals surface area contributed by atoms with E-state index in [2.05, 4.69) is 10.6 Å². The largest absolute Gasteiger partial charge is 0.487 e. The van der Waals surface area contributed by atoms with E-state index in [1.165, 1.54) is 0 Å². The summed E-state index contributed by atoms with van der Waals surface area (Å²) in [7, 11) is 0. The quantitative estimate of drug-likeness (QED) is 0.581. The standard InChI is InChI=1S/C14H20ClN3O4/c1-2-21-6-7-22-14-10(15)4-3-5-11(14)18-13(20)9-17-12(19)8-16/h3-5H,2,6-9,16H2,1H3,(H,17,19)(H,18,20). The Bertz CT molecular complexity index is 511. The van der Waals surface area contributed by atoms with Gasteiger partial charge in [-0.3, -0.25) is 9.59 Å². The zero-order valence-electron chi connectivity index (χ0n) is 12.4. The minimum absolute atomic E-state index is 0.170. The first-order valence-electron chi connectivity index (χ1n) is 6.84. The smallest absolute Gasteiger partial charge is 0.243 e. The first-order valence-corrected chi connectivity index (χ1v) is 7.22. The second kappa shape index (κ2) is 9.99. The molecule has 0 unspecified atom stereocenters. The van der Waals surface area contributed by atoms with Gasteiger partial charge in [0.2, 0.25) is 11.8 Å². The predicted octanol–water partition coefficient (Wildman–Crippen LogP) is 0.769. The summed E-state index contributed by atoms with van der Waals surface area (Å²) in [6.45, 7) is 2.86. The molecule has 0 aliphatic rings. The van der Waals surface area contributed by atoms with Crippen LogP contribution in [0.1, 0.15) is 6.92 Å². The molecule has 0 atom stereocenters. The Morgan fingerprint density at radius 1 is 1.27 bits per heavy atom. The Hall–Kier alpha value is -1.83. The fourth-order valence-electron chi connectivity index (χ4n) is 1.55. The van der Waals surface area contributed by atoms with Crippen molar-refractivity contribution in [2.75, 3.05) is 38.2 Å². The van der Waals surface area contributed by atoms with Gasteiger partial charge in [0.15, 0.2) is 5.75 Å². The number of carbonyl (C=O) groups is 2. The Balaban J connectivity index is 2.63. The summed E-state index contributed by atoms with van der Waals surface area (Å²) < 4.78 is 10.7. The van der Waals surface area contributed by atoms with Crippen LogP contribution in [0.4, 0.5) is 5.69 Å². The number of ether oxygens (including phenoxy) is 2. The van der Waals surface area contributed by atoms with E-state index in [1.54, 1.807) is 18.2 Å². The average molecular weight is 330 g/mol. The van der Waals surface area contributed by atoms with Crippen LogP contribution in [0.2, 0.25) is 5.02 Å². The number of hydrogen-bond donors (Lipinski definition) is 3. The molecule has 0 spiro atoms. The predicted molar refractivity (Wildman–Crippen MR) is 84.1 cm³/mol. The summed E-state index contributed by atoms with van der Waals surface area (Å²) in [4.78, 5) is 22.8. The normalized spacial score (nSPS) is 10.1. The van der Waals surface area contributed by atoms with E-state index in [1.807, 2.05) is 6.92 Å². The Morgan fingerprint density at radius 2 is 2.05 bits per heavy atom. The van der Waals surface area contributed by atoms with Gasteiger partial charge in [-0.25, -0.2) is 0 Å². The Labute approximate surface area is 134 Å². The second-order valence-corrected chi connectivity index (χ2v) is 4.60. The van der Waals surface area contributed by atoms with Gasteiger partial charge < -0.3 is 25.8 Å². The second-order valence-electron chi connectivity index (χ2n) is 4.19. The zero-order chi connectivity index (χ0) is 16.4. The molecule has 0 aromatic heterocycles. The molecular formula is C14H20ClN3O4. The van der Waals surface area contributed by atoms with Crippen molar-refractivity contribution in [2.24, 2.45) is 5.73 Å². The van der Waals surface area contributed by atoms with Crippen molar-refractivity contribution < 1.29 is 19.1 Å². The summed E-state index contributed by atoms with van der Waals surface area (Å²) in [5.74, 6) is -0.449. The number of amides is 2. The zero-order valence-corrected chi connectivity index (χ0v) is 13.1. The van der Waals surface area contributed by atoms with Crippen molar-refractivity contribution in [1.82, 2.24) is 5.32 Å². The maximum absolute atomic E-state index is 11.8. The van der Waals surface area contributed by atoms with E-state index >= 15 is 0 Å². The lowest BCUT2D eigenvalue weighted by molar-refractivity contribution is -0.123. The van der Waals surface area contributed by atoms with Gasteiger partial charge in [0.05, 0.1) is 30.4 Å². The highest BCUT2D eigenvalue weighted by molar-refractivity contribution is 6.32. The van der Waals surface area contributed by atoms with Gasteiger partial charge in [0, 0.05) is 6.61 Å². The van der Waals surface area contributed by atoms with Crippen LogP contribution >= 0.6 is 11.6 Å². The SMILES string of the molecule is CCOCCOc1c(Cl)cccc1NC(=O)CNC(=O)CN. The molecular weight excluding hydrogens is 310 g/mol. The van der Waals surface area contributed by atoms with Crippen molar-refractivity contribution >= 4 is 29.1 Å². The van der Waals surface area contributed by atoms with Gasteiger partial charge in [-0.15, -0.1) is 0 Å². The molecule has 1 aromatic carbocycles. The summed E-state index contributed by atoms with van der Waals surface area (Å²) in [6, 6.07) is 5.00. The fourth-order valence-corrected chi connectivity index (χ4v) is 1.78. The molecule has 0 fully saturated rings. The minimum atomic E-state index is -0.408. The molecule has 0 heterocycles. The van der Waals surface area contributed by atoms with Crippen LogP contribution in [0.15, 0.2) is 18.2 Å². The molecule has 0 saturated carbocycles. The van der Waals surface area contributed by atoms with Gasteiger partial charge in [0.1, 0.15) is 6.61 Å². The minimum Gasteiger partial charge on any atom is -0.487 e. The number of anilines is 1. The molecule has 7 nitrogen and oxygen atoms in total. The summed E-state index contributed by atoms with van der Waals surface area (Å²) in [6.07, 6.45) is 0. The highest BCUT2D eigenvalue weighted by Gasteiger charge is 2.12. The van der Waals surface area contributed by atoms with Gasteiger partial charge >= 0.3 is 0 Å². The van der Waals surface area contributed by atoms with Gasteiger partial charge in [0.25, 0.3) is 0 Å². The highest BCUT2D eigenvalue weighted by atomic mass is 35.5. The first kappa shape index (κ1) is 18.2. The lowest BCUT2D eigenvalue weighted by Crippen LogP contribution is -2.36. The highest BCUT2D eigenvalue weighted by Crippen LogP contribution is 2.32. The van der Waals surface area contributed by atoms with Gasteiger partial charge in [-0.05, 0) is 19.1 Å². The number of hydrogen-bond acceptors (Lipinski definition) is 5. The first-order chi connectivity index (χ1) is 10.6. The lowest BCUT2D eigenvalue weighted by Gasteiger charge is -2.14. The van der Waals surface area contributed by atoms with Crippen LogP contribution in [0, 0.1) is 0 Å². The van der Waals surface area contributed by atoms with Crippen LogP contribution < -0.4 is 21.1 Å². The van der Waals surface area contributed by atoms with E-state index in [9.17, 15) is 9.59 Å². The topological polar surface area (TPSA) is 103 Å². The van der Waals surface area contributed by atoms with Crippen molar-refractivity contribution in [3.05, 3.63) is 23.2 Å². The molecule has 0 radical (unpaired) electrons. The van der Waals surface area contributed by atoms with Crippen LogP contribution in [0.25, 0.3) is 0 Å². The average Bonchev–Trinajstić information content (AvgIpc) is 2.51. The molecule has 122 valence electrons. The number of carbonyl (C=O) groups excluding carboxylic acids is 2. The molecule has 1 aromatic rings. The molecule has 0 bridgehead atoms. The van der Waals surface area contributed by atoms with Crippen molar-refractivity contribution in [1.29, 1.82) is 0 Å². The van der Waals surface area contributed by atoms with E-state index in [0.717, 1.165) is 0 Å². The summed E-state index contributed by atoms with van der Waals surface area (Å²) in [5, 5.41) is 5.38. The van der Waals surface area contributed by atoms with Crippen molar-refractivity contribution in [3.8, 4) is 5.75 Å². The number of benzene rings is 1. The Morgan fingerprint density at radius 3 is 2.73 bits per heavy atom. The molecule has 0 aliphatic heterocycles. The van der Waals surface area contributed by atoms with E-state index in [-0.39, 0.29) is 13.1 Å². The number of para-hydroxylation sites is 1. The van der Waals surface area contributed by atoms with Crippen LogP contribution in [-0.4, -0.2) is 44.7 Å². The number of rotatable bonds is 9. The molecule has 0 saturated heterocycles. The summed E-state index contributed by atoms with van der Waals surface area (Å²) in [5.41, 5.74) is 5.57. The third-order valence-corrected chi connectivity index (χ3v) is 2.85. The van der Waals surface area contributed by atoms with Crippen LogP contribution in [0.5, 0.6) is 5.75 Å². The van der Waals surface area contributed by atoms with E-state index in [0.29, 0.717) is 36.3 Å². The van der Waals surface area contributed by atoms with Crippen molar-refractivity contribution in [3.63, 3.8) is 0 Å². The Kier molecular flexibility index (Phi) is 8.27. The molecule has 4 N–H and O–H groups in total. The monoisotopic (exact) mass is 329 g/mol. The molecule has 1 rings (SSSR count). The lowest BCUT2D eigenvalue weighted by atomic mass is 10.3. The maximum atomic E-state index is 11.8. The number of nitrogens with two attached hydrogens (primary N) is 1. The van der Waals surface area contributed by atoms with Crippen LogP contribution in [-0.2, 0) is 14.3 Å². The molecule has 8 heteroatoms. The third kappa shape index (κ3) is 6.30. The molecule has 22 heavy (non-hydrogen) atoms. The summed E-state index contributed by atoms with van der Waals surface area (Å²) >= 11 is 6.07. The third-order valence-electron chi connectivity index (χ3n) is 2.55. The molecule has 2 amide bonds. The number of nitrogens with one attached hydrogen (secondary N) is 2. The van der Waals surface area contributed by atoms with Crippen molar-refractivity contribution in [2.45, 2.75) is 6.92 Å². The van der Waals surface area contributed by atoms with Gasteiger partial charge in [-0.1, -0.05) is 17.7 Å². The number of halogens is 1. The van der Waals surface area contributed by atoms with Gasteiger partial charge in [-0.2, -0.15) is 0 Å². The maximum Gasteiger partial charge on any atom is 0.243 e.